The van der Waals surface area contributed by atoms with Crippen LogP contribution in [0.15, 0.2) is 77.7 Å². The molecule has 1 N–H and O–H groups in total. The van der Waals surface area contributed by atoms with Gasteiger partial charge >= 0.3 is 0 Å². The number of amides is 2. The SMILES string of the molecule is Cc1ccc(S(=O)(=O)N(CC(=O)N(Cc2ccccc2)[C@@H](C)C(=O)NC2CCCC2)c2ccc(C)c(Cl)c2)cc1. The zero-order chi connectivity index (χ0) is 28.9. The maximum atomic E-state index is 14.0. The van der Waals surface area contributed by atoms with Gasteiger partial charge in [-0.25, -0.2) is 8.42 Å². The van der Waals surface area contributed by atoms with Crippen LogP contribution in [0.25, 0.3) is 0 Å². The van der Waals surface area contributed by atoms with Crippen LogP contribution in [0, 0.1) is 13.8 Å². The monoisotopic (exact) mass is 581 g/mol. The Balaban J connectivity index is 1.69. The normalized spacial score (nSPS) is 14.5. The lowest BCUT2D eigenvalue weighted by atomic mass is 10.1. The third-order valence-corrected chi connectivity index (χ3v) is 9.59. The second-order valence-corrected chi connectivity index (χ2v) is 12.7. The second kappa shape index (κ2) is 12.9. The largest absolute Gasteiger partial charge is 0.352 e. The molecular formula is C31H36ClN3O4S. The Morgan fingerprint density at radius 1 is 0.975 bits per heavy atom. The number of nitrogens with one attached hydrogen (secondary N) is 1. The lowest BCUT2D eigenvalue weighted by Gasteiger charge is -2.32. The molecule has 9 heteroatoms. The molecule has 0 aromatic heterocycles. The second-order valence-electron chi connectivity index (χ2n) is 10.4. The van der Waals surface area contributed by atoms with Crippen molar-refractivity contribution in [2.24, 2.45) is 0 Å². The van der Waals surface area contributed by atoms with Gasteiger partial charge in [-0.05, 0) is 69.0 Å². The molecule has 0 bridgehead atoms. The number of hydrogen-bond acceptors (Lipinski definition) is 4. The van der Waals surface area contributed by atoms with Gasteiger partial charge in [0.1, 0.15) is 12.6 Å². The number of benzene rings is 3. The maximum absolute atomic E-state index is 14.0. The summed E-state index contributed by atoms with van der Waals surface area (Å²) >= 11 is 6.38. The molecular weight excluding hydrogens is 546 g/mol. The van der Waals surface area contributed by atoms with Gasteiger partial charge in [0.05, 0.1) is 10.6 Å². The average Bonchev–Trinajstić information content (AvgIpc) is 3.45. The molecule has 1 atom stereocenters. The molecule has 1 aliphatic rings. The summed E-state index contributed by atoms with van der Waals surface area (Å²) in [5, 5.41) is 3.47. The van der Waals surface area contributed by atoms with Crippen molar-refractivity contribution in [1.29, 1.82) is 0 Å². The number of hydrogen-bond donors (Lipinski definition) is 1. The van der Waals surface area contributed by atoms with Crippen molar-refractivity contribution in [3.63, 3.8) is 0 Å². The number of rotatable bonds is 10. The lowest BCUT2D eigenvalue weighted by molar-refractivity contribution is -0.139. The molecule has 0 heterocycles. The van der Waals surface area contributed by atoms with E-state index in [1.54, 1.807) is 37.3 Å². The van der Waals surface area contributed by atoms with Crippen LogP contribution in [0.1, 0.15) is 49.3 Å². The summed E-state index contributed by atoms with van der Waals surface area (Å²) in [5.74, 6) is -0.743. The Kier molecular flexibility index (Phi) is 9.53. The molecule has 1 fully saturated rings. The van der Waals surface area contributed by atoms with E-state index >= 15 is 0 Å². The number of nitrogens with zero attached hydrogens (tertiary/aromatic N) is 2. The van der Waals surface area contributed by atoms with E-state index in [0.29, 0.717) is 5.02 Å². The zero-order valence-corrected chi connectivity index (χ0v) is 24.7. The highest BCUT2D eigenvalue weighted by Crippen LogP contribution is 2.29. The number of aryl methyl sites for hydroxylation is 2. The third-order valence-electron chi connectivity index (χ3n) is 7.40. The highest BCUT2D eigenvalue weighted by molar-refractivity contribution is 7.92. The number of carbonyl (C=O) groups is 2. The minimum Gasteiger partial charge on any atom is -0.352 e. The first-order valence-electron chi connectivity index (χ1n) is 13.6. The molecule has 212 valence electrons. The van der Waals surface area contributed by atoms with Crippen molar-refractivity contribution in [1.82, 2.24) is 10.2 Å². The zero-order valence-electron chi connectivity index (χ0n) is 23.1. The van der Waals surface area contributed by atoms with E-state index in [0.717, 1.165) is 46.7 Å². The first-order chi connectivity index (χ1) is 19.1. The van der Waals surface area contributed by atoms with Gasteiger partial charge in [-0.2, -0.15) is 0 Å². The minimum absolute atomic E-state index is 0.0595. The quantitative estimate of drug-likeness (QED) is 0.336. The molecule has 1 aliphatic carbocycles. The van der Waals surface area contributed by atoms with Crippen LogP contribution in [-0.4, -0.2) is 43.8 Å². The van der Waals surface area contributed by atoms with Crippen molar-refractivity contribution in [3.05, 3.63) is 94.5 Å². The van der Waals surface area contributed by atoms with Crippen molar-refractivity contribution in [2.45, 2.75) is 70.0 Å². The maximum Gasteiger partial charge on any atom is 0.264 e. The van der Waals surface area contributed by atoms with E-state index in [1.165, 1.54) is 17.0 Å². The van der Waals surface area contributed by atoms with Crippen LogP contribution in [0.5, 0.6) is 0 Å². The fourth-order valence-electron chi connectivity index (χ4n) is 4.86. The molecule has 2 amide bonds. The van der Waals surface area contributed by atoms with E-state index in [1.807, 2.05) is 44.2 Å². The van der Waals surface area contributed by atoms with Crippen LogP contribution in [0.4, 0.5) is 5.69 Å². The standard InChI is InChI=1S/C31H36ClN3O4S/c1-22-13-17-28(18-14-22)40(38,39)35(27-16-15-23(2)29(32)19-27)21-30(36)34(20-25-9-5-4-6-10-25)24(3)31(37)33-26-11-7-8-12-26/h4-6,9-10,13-19,24,26H,7-8,11-12,20-21H2,1-3H3,(H,33,37)/t24-/m0/s1. The van der Waals surface area contributed by atoms with Gasteiger partial charge in [0.2, 0.25) is 11.8 Å². The molecule has 0 radical (unpaired) electrons. The van der Waals surface area contributed by atoms with Crippen molar-refractivity contribution >= 4 is 39.1 Å². The number of sulfonamides is 1. The summed E-state index contributed by atoms with van der Waals surface area (Å²) < 4.78 is 28.9. The Morgan fingerprint density at radius 2 is 1.62 bits per heavy atom. The van der Waals surface area contributed by atoms with Gasteiger partial charge < -0.3 is 10.2 Å². The molecule has 0 aliphatic heterocycles. The summed E-state index contributed by atoms with van der Waals surface area (Å²) in [6.07, 6.45) is 3.97. The van der Waals surface area contributed by atoms with Gasteiger partial charge in [0.25, 0.3) is 10.0 Å². The molecule has 1 saturated carbocycles. The van der Waals surface area contributed by atoms with Crippen LogP contribution in [0.3, 0.4) is 0 Å². The van der Waals surface area contributed by atoms with Crippen molar-refractivity contribution in [3.8, 4) is 0 Å². The van der Waals surface area contributed by atoms with E-state index in [-0.39, 0.29) is 29.1 Å². The molecule has 3 aromatic rings. The van der Waals surface area contributed by atoms with Gasteiger partial charge in [-0.1, -0.05) is 78.5 Å². The highest BCUT2D eigenvalue weighted by atomic mass is 35.5. The van der Waals surface area contributed by atoms with Crippen LogP contribution >= 0.6 is 11.6 Å². The van der Waals surface area contributed by atoms with Gasteiger partial charge in [-0.3, -0.25) is 13.9 Å². The first kappa shape index (κ1) is 29.6. The van der Waals surface area contributed by atoms with Gasteiger partial charge in [0.15, 0.2) is 0 Å². The lowest BCUT2D eigenvalue weighted by Crippen LogP contribution is -2.52. The number of halogens is 1. The molecule has 0 unspecified atom stereocenters. The smallest absolute Gasteiger partial charge is 0.264 e. The Hall–Kier alpha value is -3.36. The van der Waals surface area contributed by atoms with Gasteiger partial charge in [0, 0.05) is 17.6 Å². The highest BCUT2D eigenvalue weighted by Gasteiger charge is 2.33. The van der Waals surface area contributed by atoms with Crippen LogP contribution < -0.4 is 9.62 Å². The molecule has 40 heavy (non-hydrogen) atoms. The summed E-state index contributed by atoms with van der Waals surface area (Å²) in [7, 11) is -4.14. The average molecular weight is 582 g/mol. The van der Waals surface area contributed by atoms with Crippen LogP contribution in [0.2, 0.25) is 5.02 Å². The topological polar surface area (TPSA) is 86.8 Å². The molecule has 0 spiro atoms. The Morgan fingerprint density at radius 3 is 2.25 bits per heavy atom. The Bertz CT molecular complexity index is 1440. The van der Waals surface area contributed by atoms with E-state index in [2.05, 4.69) is 5.32 Å². The summed E-state index contributed by atoms with van der Waals surface area (Å²) in [6, 6.07) is 20.0. The van der Waals surface area contributed by atoms with E-state index in [9.17, 15) is 18.0 Å². The Labute approximate surface area is 242 Å². The number of carbonyl (C=O) groups excluding carboxylic acids is 2. The summed E-state index contributed by atoms with van der Waals surface area (Å²) in [6.45, 7) is 5.04. The van der Waals surface area contributed by atoms with Crippen molar-refractivity contribution < 1.29 is 18.0 Å². The van der Waals surface area contributed by atoms with E-state index in [4.69, 9.17) is 11.6 Å². The van der Waals surface area contributed by atoms with Crippen LogP contribution in [-0.2, 0) is 26.2 Å². The minimum atomic E-state index is -4.14. The van der Waals surface area contributed by atoms with E-state index < -0.39 is 28.5 Å². The van der Waals surface area contributed by atoms with Gasteiger partial charge in [-0.15, -0.1) is 0 Å². The molecule has 0 saturated heterocycles. The predicted octanol–water partition coefficient (Wildman–Crippen LogP) is 5.63. The first-order valence-corrected chi connectivity index (χ1v) is 15.4. The summed E-state index contributed by atoms with van der Waals surface area (Å²) in [4.78, 5) is 28.8. The number of anilines is 1. The third kappa shape index (κ3) is 7.04. The fourth-order valence-corrected chi connectivity index (χ4v) is 6.44. The molecule has 4 rings (SSSR count). The fraction of sp³-hybridized carbons (Fsp3) is 0.355. The predicted molar refractivity (Wildman–Crippen MR) is 159 cm³/mol. The molecule has 7 nitrogen and oxygen atoms in total. The summed E-state index contributed by atoms with van der Waals surface area (Å²) in [5.41, 5.74) is 2.80. The van der Waals surface area contributed by atoms with Crippen molar-refractivity contribution in [2.75, 3.05) is 10.8 Å². The molecule has 3 aromatic carbocycles.